The molecule has 0 aliphatic heterocycles. The summed E-state index contributed by atoms with van der Waals surface area (Å²) in [7, 11) is 1.72. The van der Waals surface area contributed by atoms with Gasteiger partial charge in [-0.05, 0) is 55.2 Å². The van der Waals surface area contributed by atoms with E-state index in [0.29, 0.717) is 17.5 Å². The fourth-order valence-corrected chi connectivity index (χ4v) is 3.52. The Morgan fingerprint density at radius 1 is 1.35 bits per heavy atom. The van der Waals surface area contributed by atoms with Crippen molar-refractivity contribution in [3.63, 3.8) is 0 Å². The average molecular weight is 275 g/mol. The highest BCUT2D eigenvalue weighted by Crippen LogP contribution is 2.39. The van der Waals surface area contributed by atoms with Crippen LogP contribution in [0.1, 0.15) is 58.6 Å². The second-order valence-electron chi connectivity index (χ2n) is 7.16. The summed E-state index contributed by atoms with van der Waals surface area (Å²) >= 11 is 0. The number of nitrogens with one attached hydrogen (secondary N) is 1. The molecule has 0 heterocycles. The van der Waals surface area contributed by atoms with E-state index in [1.807, 2.05) is 6.07 Å². The molecule has 0 amide bonds. The Morgan fingerprint density at radius 3 is 2.75 bits per heavy atom. The summed E-state index contributed by atoms with van der Waals surface area (Å²) < 4.78 is 5.32. The van der Waals surface area contributed by atoms with Crippen LogP contribution in [0.5, 0.6) is 5.75 Å². The Morgan fingerprint density at radius 2 is 2.10 bits per heavy atom. The fourth-order valence-electron chi connectivity index (χ4n) is 3.52. The van der Waals surface area contributed by atoms with Crippen LogP contribution in [0.15, 0.2) is 24.3 Å². The van der Waals surface area contributed by atoms with Gasteiger partial charge in [-0.3, -0.25) is 0 Å². The molecule has 0 spiro atoms. The number of methoxy groups -OCH3 is 1. The quantitative estimate of drug-likeness (QED) is 0.869. The smallest absolute Gasteiger partial charge is 0.119 e. The predicted octanol–water partition coefficient (Wildman–Crippen LogP) is 4.56. The van der Waals surface area contributed by atoms with E-state index in [1.54, 1.807) is 7.11 Å². The summed E-state index contributed by atoms with van der Waals surface area (Å²) in [5.74, 6) is 1.68. The van der Waals surface area contributed by atoms with E-state index in [2.05, 4.69) is 51.2 Å². The molecule has 0 bridgehead atoms. The van der Waals surface area contributed by atoms with Crippen LogP contribution in [-0.2, 0) is 0 Å². The molecule has 112 valence electrons. The molecule has 1 aromatic carbocycles. The van der Waals surface area contributed by atoms with Gasteiger partial charge in [0.05, 0.1) is 7.11 Å². The number of ether oxygens (including phenoxy) is 1. The Kier molecular flexibility index (Phi) is 4.74. The summed E-state index contributed by atoms with van der Waals surface area (Å²) in [5, 5.41) is 3.82. The Hall–Kier alpha value is -1.02. The minimum atomic E-state index is 0.374. The molecule has 20 heavy (non-hydrogen) atoms. The first-order valence-electron chi connectivity index (χ1n) is 7.81. The molecule has 0 saturated heterocycles. The van der Waals surface area contributed by atoms with Gasteiger partial charge < -0.3 is 10.1 Å². The summed E-state index contributed by atoms with van der Waals surface area (Å²) in [4.78, 5) is 0. The van der Waals surface area contributed by atoms with Crippen LogP contribution in [0.25, 0.3) is 0 Å². The van der Waals surface area contributed by atoms with Crippen LogP contribution in [0.3, 0.4) is 0 Å². The number of hydrogen-bond donors (Lipinski definition) is 1. The zero-order chi connectivity index (χ0) is 14.8. The SMILES string of the molecule is COc1cccc([C@@H](C)NC2CCC(C)(C)CC2C)c1. The lowest BCUT2D eigenvalue weighted by Crippen LogP contribution is -2.42. The summed E-state index contributed by atoms with van der Waals surface area (Å²) in [6, 6.07) is 9.39. The van der Waals surface area contributed by atoms with Crippen molar-refractivity contribution in [2.45, 2.75) is 59.0 Å². The monoisotopic (exact) mass is 275 g/mol. The summed E-state index contributed by atoms with van der Waals surface area (Å²) in [6.07, 6.45) is 3.91. The average Bonchev–Trinajstić information content (AvgIpc) is 2.41. The van der Waals surface area contributed by atoms with Crippen molar-refractivity contribution in [2.75, 3.05) is 7.11 Å². The highest BCUT2D eigenvalue weighted by atomic mass is 16.5. The first-order chi connectivity index (χ1) is 9.41. The fraction of sp³-hybridized carbons (Fsp3) is 0.667. The van der Waals surface area contributed by atoms with Gasteiger partial charge in [0.1, 0.15) is 5.75 Å². The highest BCUT2D eigenvalue weighted by Gasteiger charge is 2.32. The second kappa shape index (κ2) is 6.17. The topological polar surface area (TPSA) is 21.3 Å². The number of benzene rings is 1. The Balaban J connectivity index is 1.99. The molecular formula is C18H29NO. The zero-order valence-corrected chi connectivity index (χ0v) is 13.6. The maximum Gasteiger partial charge on any atom is 0.119 e. The van der Waals surface area contributed by atoms with Gasteiger partial charge in [0.2, 0.25) is 0 Å². The molecule has 1 fully saturated rings. The first-order valence-corrected chi connectivity index (χ1v) is 7.81. The number of hydrogen-bond acceptors (Lipinski definition) is 2. The van der Waals surface area contributed by atoms with Gasteiger partial charge in [-0.2, -0.15) is 0 Å². The largest absolute Gasteiger partial charge is 0.497 e. The molecule has 2 unspecified atom stereocenters. The van der Waals surface area contributed by atoms with Crippen molar-refractivity contribution in [3.05, 3.63) is 29.8 Å². The standard InChI is InChI=1S/C18H29NO/c1-13-12-18(3,4)10-9-17(13)19-14(2)15-7-6-8-16(11-15)20-5/h6-8,11,13-14,17,19H,9-10,12H2,1-5H3/t13?,14-,17?/m1/s1. The first kappa shape index (κ1) is 15.4. The Bertz CT molecular complexity index is 441. The third-order valence-electron chi connectivity index (χ3n) is 4.75. The van der Waals surface area contributed by atoms with Crippen molar-refractivity contribution in [2.24, 2.45) is 11.3 Å². The normalized spacial score (nSPS) is 27.1. The lowest BCUT2D eigenvalue weighted by atomic mass is 9.70. The second-order valence-corrected chi connectivity index (χ2v) is 7.16. The molecule has 1 aliphatic rings. The van der Waals surface area contributed by atoms with Crippen LogP contribution in [0.4, 0.5) is 0 Å². The van der Waals surface area contributed by atoms with Crippen molar-refractivity contribution < 1.29 is 4.74 Å². The highest BCUT2D eigenvalue weighted by molar-refractivity contribution is 5.30. The molecule has 3 atom stereocenters. The van der Waals surface area contributed by atoms with E-state index < -0.39 is 0 Å². The molecule has 2 rings (SSSR count). The molecule has 1 aromatic rings. The van der Waals surface area contributed by atoms with Crippen LogP contribution in [0, 0.1) is 11.3 Å². The van der Waals surface area contributed by atoms with Gasteiger partial charge in [-0.15, -0.1) is 0 Å². The van der Waals surface area contributed by atoms with Crippen LogP contribution in [0.2, 0.25) is 0 Å². The van der Waals surface area contributed by atoms with Crippen molar-refractivity contribution in [1.82, 2.24) is 5.32 Å². The van der Waals surface area contributed by atoms with Gasteiger partial charge in [0, 0.05) is 12.1 Å². The lowest BCUT2D eigenvalue weighted by Gasteiger charge is -2.40. The van der Waals surface area contributed by atoms with E-state index >= 15 is 0 Å². The molecule has 2 nitrogen and oxygen atoms in total. The van der Waals surface area contributed by atoms with E-state index in [9.17, 15) is 0 Å². The Labute approximate surface area is 123 Å². The van der Waals surface area contributed by atoms with E-state index in [1.165, 1.54) is 24.8 Å². The van der Waals surface area contributed by atoms with Crippen molar-refractivity contribution >= 4 is 0 Å². The van der Waals surface area contributed by atoms with Gasteiger partial charge >= 0.3 is 0 Å². The maximum atomic E-state index is 5.32. The van der Waals surface area contributed by atoms with Gasteiger partial charge in [-0.1, -0.05) is 32.9 Å². The molecule has 2 heteroatoms. The van der Waals surface area contributed by atoms with Crippen molar-refractivity contribution in [1.29, 1.82) is 0 Å². The minimum absolute atomic E-state index is 0.374. The predicted molar refractivity (Wildman–Crippen MR) is 85.1 cm³/mol. The molecular weight excluding hydrogens is 246 g/mol. The van der Waals surface area contributed by atoms with Gasteiger partial charge in [-0.25, -0.2) is 0 Å². The lowest BCUT2D eigenvalue weighted by molar-refractivity contribution is 0.143. The molecule has 0 radical (unpaired) electrons. The molecule has 1 saturated carbocycles. The molecule has 0 aromatic heterocycles. The summed E-state index contributed by atoms with van der Waals surface area (Å²) in [5.41, 5.74) is 1.82. The third-order valence-corrected chi connectivity index (χ3v) is 4.75. The van der Waals surface area contributed by atoms with Crippen molar-refractivity contribution in [3.8, 4) is 5.75 Å². The summed E-state index contributed by atoms with van der Waals surface area (Å²) in [6.45, 7) is 9.43. The van der Waals surface area contributed by atoms with E-state index in [-0.39, 0.29) is 0 Å². The van der Waals surface area contributed by atoms with Gasteiger partial charge in [0.25, 0.3) is 0 Å². The zero-order valence-electron chi connectivity index (χ0n) is 13.6. The van der Waals surface area contributed by atoms with Crippen LogP contribution >= 0.6 is 0 Å². The minimum Gasteiger partial charge on any atom is -0.497 e. The van der Waals surface area contributed by atoms with Crippen LogP contribution < -0.4 is 10.1 Å². The van der Waals surface area contributed by atoms with E-state index in [4.69, 9.17) is 4.74 Å². The number of rotatable bonds is 4. The van der Waals surface area contributed by atoms with E-state index in [0.717, 1.165) is 11.7 Å². The van der Waals surface area contributed by atoms with Crippen LogP contribution in [-0.4, -0.2) is 13.2 Å². The third kappa shape index (κ3) is 3.76. The van der Waals surface area contributed by atoms with Gasteiger partial charge in [0.15, 0.2) is 0 Å². The molecule has 1 N–H and O–H groups in total. The maximum absolute atomic E-state index is 5.32. The molecule has 1 aliphatic carbocycles.